The molecule has 2 atom stereocenters. The summed E-state index contributed by atoms with van der Waals surface area (Å²) in [6.07, 6.45) is -26.5. The minimum absolute atomic E-state index is 2.53. The second-order valence-electron chi connectivity index (χ2n) is 7.61. The zero-order chi connectivity index (χ0) is 35.3. The van der Waals surface area contributed by atoms with Crippen molar-refractivity contribution in [3.63, 3.8) is 0 Å². The molecule has 0 aromatic rings. The first-order valence-corrected chi connectivity index (χ1v) is 16.2. The summed E-state index contributed by atoms with van der Waals surface area (Å²) in [6, 6.07) is 0. The average Bonchev–Trinajstić information content (AvgIpc) is 2.76. The van der Waals surface area contributed by atoms with Gasteiger partial charge in [0.1, 0.15) is 26.4 Å². The quantitative estimate of drug-likeness (QED) is 0.146. The molecule has 1 heterocycles. The Morgan fingerprint density at radius 2 is 0.591 bits per heavy atom. The van der Waals surface area contributed by atoms with Gasteiger partial charge < -0.3 is 9.05 Å². The van der Waals surface area contributed by atoms with Crippen LogP contribution in [0.15, 0.2) is 13.5 Å². The summed E-state index contributed by atoms with van der Waals surface area (Å²) < 4.78 is 281. The van der Waals surface area contributed by atoms with Crippen molar-refractivity contribution in [2.24, 2.45) is 13.5 Å². The molecule has 1 aliphatic heterocycles. The van der Waals surface area contributed by atoms with Crippen molar-refractivity contribution in [3.05, 3.63) is 0 Å². The number of halogens is 22. The largest absolute Gasteiger partial charge is 0.455 e. The predicted octanol–water partition coefficient (Wildman–Crippen LogP) is 11.2. The first-order chi connectivity index (χ1) is 18.9. The van der Waals surface area contributed by atoms with Crippen LogP contribution in [0.1, 0.15) is 0 Å². The van der Waals surface area contributed by atoms with E-state index in [4.69, 9.17) is 22.5 Å². The fraction of sp³-hybridized carbons (Fsp3) is 1.00. The average molecular weight is 802 g/mol. The van der Waals surface area contributed by atoms with E-state index in [1.807, 2.05) is 0 Å². The van der Waals surface area contributed by atoms with Crippen molar-refractivity contribution in [1.82, 2.24) is 0 Å². The fourth-order valence-corrected chi connectivity index (χ4v) is 13.2. The zero-order valence-corrected chi connectivity index (χ0v) is 23.7. The highest BCUT2D eigenvalue weighted by molar-refractivity contribution is 8.00. The molecule has 0 spiro atoms. The van der Waals surface area contributed by atoms with Crippen LogP contribution in [0.5, 0.6) is 0 Å². The van der Waals surface area contributed by atoms with Crippen LogP contribution < -0.4 is 0 Å². The topological polar surface area (TPSA) is 74.0 Å². The zero-order valence-electron chi connectivity index (χ0n) is 19.5. The lowest BCUT2D eigenvalue weighted by Gasteiger charge is -2.32. The van der Waals surface area contributed by atoms with Crippen LogP contribution in [0.2, 0.25) is 0 Å². The first kappa shape index (κ1) is 41.7. The molecule has 1 rings (SSSR count). The van der Waals surface area contributed by atoms with Gasteiger partial charge in [-0.2, -0.15) is 101 Å². The fourth-order valence-electron chi connectivity index (χ4n) is 1.70. The Morgan fingerprint density at radius 3 is 0.841 bits per heavy atom. The van der Waals surface area contributed by atoms with E-state index in [1.54, 1.807) is 0 Å². The van der Waals surface area contributed by atoms with Crippen molar-refractivity contribution in [2.45, 2.75) is 48.4 Å². The van der Waals surface area contributed by atoms with Gasteiger partial charge in [0.2, 0.25) is 0 Å². The van der Waals surface area contributed by atoms with Crippen LogP contribution in [-0.4, -0.2) is 74.8 Å². The van der Waals surface area contributed by atoms with Gasteiger partial charge in [-0.3, -0.25) is 9.05 Å². The highest BCUT2D eigenvalue weighted by Crippen LogP contribution is 2.83. The molecule has 0 saturated heterocycles. The molecule has 0 bridgehead atoms. The Hall–Kier alpha value is -0.290. The lowest BCUT2D eigenvalue weighted by molar-refractivity contribution is -0.293. The molecule has 0 aliphatic carbocycles. The molecule has 264 valence electrons. The Labute approximate surface area is 238 Å². The highest BCUT2D eigenvalue weighted by atomic mass is 35.7. The summed E-state index contributed by atoms with van der Waals surface area (Å²) in [7, 11) is -6.48. The van der Waals surface area contributed by atoms with E-state index < -0.39 is 96.1 Å². The third kappa shape index (κ3) is 10.4. The van der Waals surface area contributed by atoms with Crippen molar-refractivity contribution in [2.75, 3.05) is 26.4 Å². The normalized spacial score (nSPS) is 24.4. The summed E-state index contributed by atoms with van der Waals surface area (Å²) in [4.78, 5) is 0. The van der Waals surface area contributed by atoms with E-state index in [0.29, 0.717) is 0 Å². The molecular formula is C12H8Cl2F20N3O4P3. The van der Waals surface area contributed by atoms with E-state index in [9.17, 15) is 87.8 Å². The Morgan fingerprint density at radius 1 is 0.364 bits per heavy atom. The summed E-state index contributed by atoms with van der Waals surface area (Å²) in [5.41, 5.74) is 0. The molecule has 2 unspecified atom stereocenters. The van der Waals surface area contributed by atoms with E-state index in [-0.39, 0.29) is 0 Å². The van der Waals surface area contributed by atoms with E-state index in [2.05, 4.69) is 31.6 Å². The Kier molecular flexibility index (Phi) is 12.0. The molecule has 7 nitrogen and oxygen atoms in total. The van der Waals surface area contributed by atoms with Gasteiger partial charge in [-0.1, -0.05) is 0 Å². The minimum atomic E-state index is -6.68. The van der Waals surface area contributed by atoms with Gasteiger partial charge in [0.25, 0.3) is 0 Å². The Balaban J connectivity index is 3.96. The van der Waals surface area contributed by atoms with Crippen molar-refractivity contribution in [3.8, 4) is 0 Å². The van der Waals surface area contributed by atoms with Gasteiger partial charge in [0, 0.05) is 0 Å². The third-order valence-electron chi connectivity index (χ3n) is 3.97. The van der Waals surface area contributed by atoms with Gasteiger partial charge >= 0.3 is 69.6 Å². The molecule has 44 heavy (non-hydrogen) atoms. The maximum atomic E-state index is 13.5. The maximum Gasteiger partial charge on any atom is 0.455 e. The molecule has 0 amide bonds. The molecule has 0 fully saturated rings. The predicted molar refractivity (Wildman–Crippen MR) is 108 cm³/mol. The van der Waals surface area contributed by atoms with Crippen molar-refractivity contribution in [1.29, 1.82) is 0 Å². The number of nitrogens with zero attached hydrogens (tertiary/aromatic N) is 3. The van der Waals surface area contributed by atoms with Crippen LogP contribution >= 0.6 is 43.7 Å². The van der Waals surface area contributed by atoms with E-state index >= 15 is 0 Å². The van der Waals surface area contributed by atoms with Gasteiger partial charge in [0.05, 0.1) is 0 Å². The van der Waals surface area contributed by atoms with Crippen molar-refractivity contribution >= 4 is 43.7 Å². The van der Waals surface area contributed by atoms with E-state index in [0.717, 1.165) is 0 Å². The number of hydrogen-bond donors (Lipinski definition) is 0. The number of alkyl halides is 20. The standard InChI is InChI=1S/C12H8Cl2F20N3O4P3/c13-42(38-1-5(15,16)9(23,24)25)35-43(14,39-2-6(17,18)10(26,27)28)37-44(36-42,40-3-7(19,20)11(29,30)31)41-4-8(21,22)12(32,33)34/h1-4H2. The van der Waals surface area contributed by atoms with Gasteiger partial charge in [-0.25, -0.2) is 0 Å². The molecular weight excluding hydrogens is 794 g/mol. The van der Waals surface area contributed by atoms with Crippen molar-refractivity contribution < 1.29 is 106 Å². The summed E-state index contributed by atoms with van der Waals surface area (Å²) in [5.74, 6) is -24.5. The lowest BCUT2D eigenvalue weighted by Crippen LogP contribution is -2.41. The molecule has 0 radical (unpaired) electrons. The van der Waals surface area contributed by atoms with Crippen LogP contribution in [0.4, 0.5) is 87.8 Å². The second kappa shape index (κ2) is 12.6. The summed E-state index contributed by atoms with van der Waals surface area (Å²) in [5, 5.41) is 0. The smallest absolute Gasteiger partial charge is 0.309 e. The second-order valence-corrected chi connectivity index (χ2v) is 16.3. The molecule has 0 aromatic heterocycles. The molecule has 0 aromatic carbocycles. The minimum Gasteiger partial charge on any atom is -0.309 e. The monoisotopic (exact) mass is 801 g/mol. The molecule has 0 N–H and O–H groups in total. The van der Waals surface area contributed by atoms with Gasteiger partial charge in [-0.05, 0) is 22.5 Å². The first-order valence-electron chi connectivity index (χ1n) is 9.62. The number of hydrogen-bond acceptors (Lipinski definition) is 7. The van der Waals surface area contributed by atoms with Crippen LogP contribution in [-0.2, 0) is 18.1 Å². The molecule has 32 heteroatoms. The summed E-state index contributed by atoms with van der Waals surface area (Å²) in [6.45, 7) is -24.8. The third-order valence-corrected chi connectivity index (χ3v) is 14.2. The lowest BCUT2D eigenvalue weighted by atomic mass is 10.3. The summed E-state index contributed by atoms with van der Waals surface area (Å²) >= 11 is 10.8. The molecule has 0 saturated carbocycles. The highest BCUT2D eigenvalue weighted by Gasteiger charge is 2.63. The van der Waals surface area contributed by atoms with Crippen LogP contribution in [0.3, 0.4) is 0 Å². The van der Waals surface area contributed by atoms with Crippen LogP contribution in [0, 0.1) is 0 Å². The van der Waals surface area contributed by atoms with E-state index in [1.165, 1.54) is 0 Å². The number of rotatable bonds is 12. The van der Waals surface area contributed by atoms with Gasteiger partial charge in [0.15, 0.2) is 0 Å². The van der Waals surface area contributed by atoms with Crippen LogP contribution in [0.25, 0.3) is 0 Å². The maximum absolute atomic E-state index is 13.5. The molecule has 1 aliphatic rings. The Bertz CT molecular complexity index is 1140. The SMILES string of the molecule is FC(F)(F)C(F)(F)COP1(Cl)=NP(Cl)(OCC(F)(F)C(F)(F)F)=NP(OCC(F)(F)C(F)(F)F)(OCC(F)(F)C(F)(F)F)=N1. The van der Waals surface area contributed by atoms with Gasteiger partial charge in [-0.15, -0.1) is 0 Å².